The summed E-state index contributed by atoms with van der Waals surface area (Å²) >= 11 is 0. The molecule has 2 heterocycles. The molecule has 1 fully saturated rings. The number of anilines is 1. The van der Waals surface area contributed by atoms with Crippen LogP contribution in [-0.4, -0.2) is 50.9 Å². The Morgan fingerprint density at radius 1 is 0.838 bits per heavy atom. The second-order valence-corrected chi connectivity index (χ2v) is 9.40. The van der Waals surface area contributed by atoms with Gasteiger partial charge in [-0.1, -0.05) is 60.7 Å². The predicted molar refractivity (Wildman–Crippen MR) is 137 cm³/mol. The first kappa shape index (κ1) is 23.0. The van der Waals surface area contributed by atoms with E-state index in [0.29, 0.717) is 28.2 Å². The van der Waals surface area contributed by atoms with Crippen LogP contribution in [0.5, 0.6) is 11.5 Å². The number of hydrogen-bond acceptors (Lipinski definition) is 7. The molecule has 3 aromatic carbocycles. The van der Waals surface area contributed by atoms with Crippen LogP contribution in [0.4, 0.5) is 5.69 Å². The quantitative estimate of drug-likeness (QED) is 0.394. The number of methoxy groups -OCH3 is 3. The molecular formula is C30H25NO6. The minimum atomic E-state index is -1.58. The van der Waals surface area contributed by atoms with Crippen molar-refractivity contribution in [1.82, 2.24) is 0 Å². The Morgan fingerprint density at radius 2 is 1.49 bits per heavy atom. The molecule has 3 aliphatic rings. The van der Waals surface area contributed by atoms with Gasteiger partial charge in [-0.3, -0.25) is 9.59 Å². The Balaban J connectivity index is 1.68. The molecule has 1 aliphatic carbocycles. The molecule has 1 spiro atoms. The van der Waals surface area contributed by atoms with Gasteiger partial charge in [0.05, 0.1) is 27.4 Å². The van der Waals surface area contributed by atoms with Crippen molar-refractivity contribution in [2.75, 3.05) is 26.2 Å². The van der Waals surface area contributed by atoms with Gasteiger partial charge in [-0.2, -0.15) is 0 Å². The number of carbonyl (C=O) groups is 3. The maximum absolute atomic E-state index is 14.4. The molecule has 3 atom stereocenters. The highest BCUT2D eigenvalue weighted by Gasteiger charge is 2.72. The van der Waals surface area contributed by atoms with Gasteiger partial charge in [0.2, 0.25) is 0 Å². The van der Waals surface area contributed by atoms with Crippen molar-refractivity contribution in [2.45, 2.75) is 18.0 Å². The molecule has 2 aliphatic heterocycles. The zero-order valence-electron chi connectivity index (χ0n) is 20.6. The summed E-state index contributed by atoms with van der Waals surface area (Å²) in [7, 11) is 4.38. The summed E-state index contributed by atoms with van der Waals surface area (Å²) in [5.74, 6) is -1.02. The molecule has 0 bridgehead atoms. The van der Waals surface area contributed by atoms with Gasteiger partial charge in [0.1, 0.15) is 11.5 Å². The monoisotopic (exact) mass is 495 g/mol. The maximum Gasteiger partial charge on any atom is 0.329 e. The standard InChI is InChI=1S/C30H25NO6/c1-35-22-14-12-18(16-23(22)36-2)25-26(29(34)37-3)31-21-11-7-4-8-17(21)13-15-24(31)30(25)27(32)19-9-5-6-10-20(19)28(30)33/h4-16,24-26H,1-3H3. The number of Topliss-reactive ketones (excluding diaryl/α,β-unsaturated/α-hetero) is 2. The van der Waals surface area contributed by atoms with Crippen LogP contribution in [0, 0.1) is 5.41 Å². The van der Waals surface area contributed by atoms with Crippen LogP contribution in [-0.2, 0) is 9.53 Å². The van der Waals surface area contributed by atoms with Gasteiger partial charge in [-0.15, -0.1) is 0 Å². The van der Waals surface area contributed by atoms with E-state index in [2.05, 4.69) is 0 Å². The maximum atomic E-state index is 14.4. The number of ketones is 2. The highest BCUT2D eigenvalue weighted by molar-refractivity contribution is 6.32. The minimum Gasteiger partial charge on any atom is -0.493 e. The van der Waals surface area contributed by atoms with E-state index in [4.69, 9.17) is 14.2 Å². The fourth-order valence-electron chi connectivity index (χ4n) is 6.43. The van der Waals surface area contributed by atoms with E-state index >= 15 is 0 Å². The van der Waals surface area contributed by atoms with Crippen LogP contribution in [0.1, 0.15) is 37.8 Å². The topological polar surface area (TPSA) is 82.1 Å². The lowest BCUT2D eigenvalue weighted by Gasteiger charge is -2.36. The smallest absolute Gasteiger partial charge is 0.329 e. The van der Waals surface area contributed by atoms with Crippen molar-refractivity contribution in [3.8, 4) is 11.5 Å². The van der Waals surface area contributed by atoms with Gasteiger partial charge in [0.25, 0.3) is 0 Å². The molecule has 0 N–H and O–H groups in total. The SMILES string of the molecule is COC(=O)C1C(c2ccc(OC)c(OC)c2)C2(C(=O)c3ccccc3C2=O)C2C=Cc3ccccc3N12. The van der Waals surface area contributed by atoms with Crippen LogP contribution in [0.3, 0.4) is 0 Å². The number of rotatable bonds is 4. The first-order chi connectivity index (χ1) is 18.0. The van der Waals surface area contributed by atoms with Crippen molar-refractivity contribution in [1.29, 1.82) is 0 Å². The highest BCUT2D eigenvalue weighted by Crippen LogP contribution is 2.61. The molecule has 7 nitrogen and oxygen atoms in total. The lowest BCUT2D eigenvalue weighted by atomic mass is 9.64. The van der Waals surface area contributed by atoms with Gasteiger partial charge < -0.3 is 19.1 Å². The molecule has 37 heavy (non-hydrogen) atoms. The third-order valence-electron chi connectivity index (χ3n) is 7.92. The third kappa shape index (κ3) is 2.91. The molecule has 0 aromatic heterocycles. The normalized spacial score (nSPS) is 22.5. The molecule has 7 heteroatoms. The zero-order valence-corrected chi connectivity index (χ0v) is 20.6. The molecule has 1 saturated heterocycles. The molecule has 0 radical (unpaired) electrons. The highest BCUT2D eigenvalue weighted by atomic mass is 16.5. The van der Waals surface area contributed by atoms with Crippen LogP contribution < -0.4 is 14.4 Å². The molecule has 3 aromatic rings. The fraction of sp³-hybridized carbons (Fsp3) is 0.233. The van der Waals surface area contributed by atoms with Gasteiger partial charge in [-0.25, -0.2) is 4.79 Å². The summed E-state index contributed by atoms with van der Waals surface area (Å²) in [4.78, 5) is 44.3. The van der Waals surface area contributed by atoms with Crippen molar-refractivity contribution in [3.63, 3.8) is 0 Å². The summed E-state index contributed by atoms with van der Waals surface area (Å²) in [5, 5.41) is 0. The Hall–Kier alpha value is -4.39. The number of hydrogen-bond donors (Lipinski definition) is 0. The lowest BCUT2D eigenvalue weighted by molar-refractivity contribution is -0.142. The van der Waals surface area contributed by atoms with Crippen molar-refractivity contribution < 1.29 is 28.6 Å². The average molecular weight is 496 g/mol. The molecule has 0 amide bonds. The number of ether oxygens (including phenoxy) is 3. The summed E-state index contributed by atoms with van der Waals surface area (Å²) in [6.45, 7) is 0. The second kappa shape index (κ2) is 8.34. The number of fused-ring (bicyclic) bond motifs is 5. The number of benzene rings is 3. The van der Waals surface area contributed by atoms with Gasteiger partial charge in [0, 0.05) is 22.7 Å². The second-order valence-electron chi connectivity index (χ2n) is 9.40. The summed E-state index contributed by atoms with van der Waals surface area (Å²) in [5.41, 5.74) is 1.44. The van der Waals surface area contributed by atoms with E-state index in [1.54, 1.807) is 42.5 Å². The number of carbonyl (C=O) groups excluding carboxylic acids is 3. The van der Waals surface area contributed by atoms with Crippen molar-refractivity contribution in [2.24, 2.45) is 5.41 Å². The van der Waals surface area contributed by atoms with E-state index in [1.807, 2.05) is 41.3 Å². The van der Waals surface area contributed by atoms with Crippen molar-refractivity contribution >= 4 is 29.3 Å². The zero-order chi connectivity index (χ0) is 25.9. The average Bonchev–Trinajstić information content (AvgIpc) is 3.38. The van der Waals surface area contributed by atoms with E-state index in [1.165, 1.54) is 21.3 Å². The molecular weight excluding hydrogens is 470 g/mol. The fourth-order valence-corrected chi connectivity index (χ4v) is 6.43. The van der Waals surface area contributed by atoms with Gasteiger partial charge >= 0.3 is 5.97 Å². The summed E-state index contributed by atoms with van der Waals surface area (Å²) in [6, 6.07) is 18.2. The molecule has 3 unspecified atom stereocenters. The Labute approximate surface area is 214 Å². The summed E-state index contributed by atoms with van der Waals surface area (Å²) in [6.07, 6.45) is 3.80. The first-order valence-electron chi connectivity index (χ1n) is 12.0. The van der Waals surface area contributed by atoms with E-state index in [9.17, 15) is 14.4 Å². The third-order valence-corrected chi connectivity index (χ3v) is 7.92. The van der Waals surface area contributed by atoms with Crippen molar-refractivity contribution in [3.05, 3.63) is 95.1 Å². The number of para-hydroxylation sites is 1. The Bertz CT molecular complexity index is 1460. The molecule has 186 valence electrons. The lowest BCUT2D eigenvalue weighted by Crippen LogP contribution is -2.48. The molecule has 0 saturated carbocycles. The van der Waals surface area contributed by atoms with Gasteiger partial charge in [0.15, 0.2) is 23.1 Å². The molecule has 6 rings (SSSR count). The van der Waals surface area contributed by atoms with Gasteiger partial charge in [-0.05, 0) is 29.3 Å². The number of nitrogens with zero attached hydrogens (tertiary/aromatic N) is 1. The summed E-state index contributed by atoms with van der Waals surface area (Å²) < 4.78 is 16.3. The van der Waals surface area contributed by atoms with Crippen LogP contribution in [0.2, 0.25) is 0 Å². The number of esters is 1. The van der Waals surface area contributed by atoms with E-state index < -0.39 is 29.4 Å². The minimum absolute atomic E-state index is 0.293. The van der Waals surface area contributed by atoms with Crippen LogP contribution in [0.25, 0.3) is 6.08 Å². The van der Waals surface area contributed by atoms with E-state index in [0.717, 1.165) is 11.3 Å². The predicted octanol–water partition coefficient (Wildman–Crippen LogP) is 4.31. The van der Waals surface area contributed by atoms with Crippen LogP contribution in [0.15, 0.2) is 72.8 Å². The largest absolute Gasteiger partial charge is 0.493 e. The Kier molecular flexibility index (Phi) is 5.19. The van der Waals surface area contributed by atoms with E-state index in [-0.39, 0.29) is 11.6 Å². The Morgan fingerprint density at radius 3 is 2.14 bits per heavy atom. The van der Waals surface area contributed by atoms with Crippen LogP contribution >= 0.6 is 0 Å². The first-order valence-corrected chi connectivity index (χ1v) is 12.0.